The fourth-order valence-electron chi connectivity index (χ4n) is 3.04. The largest absolute Gasteiger partial charge is 0.508 e. The van der Waals surface area contributed by atoms with Crippen LogP contribution in [-0.2, 0) is 0 Å². The van der Waals surface area contributed by atoms with E-state index in [1.54, 1.807) is 30.3 Å². The molecule has 0 aromatic heterocycles. The summed E-state index contributed by atoms with van der Waals surface area (Å²) >= 11 is 0. The lowest BCUT2D eigenvalue weighted by molar-refractivity contribution is 0.0697. The molecular weight excluding hydrogens is 332 g/mol. The van der Waals surface area contributed by atoms with Gasteiger partial charge in [0.15, 0.2) is 5.43 Å². The predicted molar refractivity (Wildman–Crippen MR) is 99.9 cm³/mol. The smallest absolute Gasteiger partial charge is 0.336 e. The fraction of sp³-hybridized carbons (Fsp3) is 0.0476. The Bertz CT molecular complexity index is 1160. The van der Waals surface area contributed by atoms with Crippen molar-refractivity contribution in [1.82, 2.24) is 0 Å². The van der Waals surface area contributed by atoms with Gasteiger partial charge in [-0.05, 0) is 35.9 Å². The molecule has 26 heavy (non-hydrogen) atoms. The molecule has 0 spiro atoms. The van der Waals surface area contributed by atoms with E-state index < -0.39 is 5.97 Å². The van der Waals surface area contributed by atoms with E-state index in [4.69, 9.17) is 4.42 Å². The van der Waals surface area contributed by atoms with Gasteiger partial charge in [0.05, 0.1) is 5.56 Å². The minimum absolute atomic E-state index is 0. The Morgan fingerprint density at radius 3 is 2.46 bits per heavy atom. The van der Waals surface area contributed by atoms with Gasteiger partial charge in [0.25, 0.3) is 0 Å². The van der Waals surface area contributed by atoms with Gasteiger partial charge in [0.2, 0.25) is 0 Å². The maximum Gasteiger partial charge on any atom is 0.336 e. The summed E-state index contributed by atoms with van der Waals surface area (Å²) in [6, 6.07) is 15.7. The van der Waals surface area contributed by atoms with Crippen LogP contribution >= 0.6 is 0 Å². The number of rotatable bonds is 2. The number of hydrogen-bond acceptors (Lipinski definition) is 4. The van der Waals surface area contributed by atoms with Crippen molar-refractivity contribution in [1.29, 1.82) is 0 Å². The zero-order chi connectivity index (χ0) is 17.6. The third kappa shape index (κ3) is 2.69. The van der Waals surface area contributed by atoms with Gasteiger partial charge < -0.3 is 14.6 Å². The highest BCUT2D eigenvalue weighted by atomic mass is 16.4. The molecule has 0 radical (unpaired) electrons. The van der Waals surface area contributed by atoms with Gasteiger partial charge in [-0.1, -0.05) is 25.6 Å². The van der Waals surface area contributed by atoms with E-state index in [-0.39, 0.29) is 24.2 Å². The number of phenols is 1. The van der Waals surface area contributed by atoms with Crippen LogP contribution in [0.4, 0.5) is 0 Å². The highest BCUT2D eigenvalue weighted by Gasteiger charge is 2.21. The summed E-state index contributed by atoms with van der Waals surface area (Å²) in [5.74, 6) is -0.691. The van der Waals surface area contributed by atoms with E-state index in [1.807, 2.05) is 0 Å². The zero-order valence-corrected chi connectivity index (χ0v) is 12.9. The van der Waals surface area contributed by atoms with E-state index in [2.05, 4.69) is 0 Å². The number of aromatic carboxylic acids is 1. The molecule has 130 valence electrons. The third-order valence-electron chi connectivity index (χ3n) is 4.10. The Morgan fingerprint density at radius 1 is 0.923 bits per heavy atom. The molecule has 0 unspecified atom stereocenters. The van der Waals surface area contributed by atoms with Crippen LogP contribution in [0, 0.1) is 0 Å². The molecule has 1 aliphatic carbocycles. The molecule has 0 bridgehead atoms. The van der Waals surface area contributed by atoms with Crippen molar-refractivity contribution in [3.05, 3.63) is 76.5 Å². The average Bonchev–Trinajstić information content (AvgIpc) is 2.59. The molecule has 0 amide bonds. The van der Waals surface area contributed by atoms with Crippen LogP contribution in [-0.4, -0.2) is 16.2 Å². The molecule has 4 rings (SSSR count). The number of carboxylic acids is 1. The number of carboxylic acid groups (broad SMARTS) is 1. The van der Waals surface area contributed by atoms with E-state index in [0.29, 0.717) is 33.4 Å². The highest BCUT2D eigenvalue weighted by Crippen LogP contribution is 2.41. The molecule has 1 heterocycles. The fourth-order valence-corrected chi connectivity index (χ4v) is 3.04. The van der Waals surface area contributed by atoms with Crippen LogP contribution in [0.5, 0.6) is 5.75 Å². The third-order valence-corrected chi connectivity index (χ3v) is 4.10. The molecular formula is C21H16O5. The Labute approximate surface area is 149 Å². The Kier molecular flexibility index (Phi) is 4.22. The number of aromatic hydroxyl groups is 1. The summed E-state index contributed by atoms with van der Waals surface area (Å²) in [6.07, 6.45) is 0. The quantitative estimate of drug-likeness (QED) is 0.517. The second-order valence-electron chi connectivity index (χ2n) is 5.67. The highest BCUT2D eigenvalue weighted by molar-refractivity contribution is 6.07. The van der Waals surface area contributed by atoms with Crippen molar-refractivity contribution < 1.29 is 19.4 Å². The number of hydrogen-bond donors (Lipinski definition) is 2. The first-order valence-corrected chi connectivity index (χ1v) is 7.57. The maximum atomic E-state index is 11.7. The monoisotopic (exact) mass is 348 g/mol. The van der Waals surface area contributed by atoms with Crippen molar-refractivity contribution in [2.24, 2.45) is 0 Å². The van der Waals surface area contributed by atoms with Crippen LogP contribution in [0.2, 0.25) is 0 Å². The molecule has 2 aliphatic rings. The first-order valence-electron chi connectivity index (χ1n) is 7.57. The molecule has 5 heteroatoms. The molecule has 2 aromatic rings. The van der Waals surface area contributed by atoms with Crippen LogP contribution in [0.15, 0.2) is 69.9 Å². The minimum atomic E-state index is -1.04. The SMILES string of the molecule is C.O=C(O)c1ccccc1-c1c2ccc(=O)cc-2oc2cc(O)ccc12. The average molecular weight is 348 g/mol. The number of benzene rings is 3. The summed E-state index contributed by atoms with van der Waals surface area (Å²) in [7, 11) is 0. The lowest BCUT2D eigenvalue weighted by Gasteiger charge is -2.16. The molecule has 2 aromatic carbocycles. The van der Waals surface area contributed by atoms with Gasteiger partial charge in [-0.2, -0.15) is 0 Å². The van der Waals surface area contributed by atoms with Gasteiger partial charge in [0, 0.05) is 28.6 Å². The molecule has 2 N–H and O–H groups in total. The second-order valence-corrected chi connectivity index (χ2v) is 5.67. The first kappa shape index (κ1) is 17.2. The van der Waals surface area contributed by atoms with Crippen LogP contribution < -0.4 is 5.43 Å². The van der Waals surface area contributed by atoms with Gasteiger partial charge >= 0.3 is 5.97 Å². The lowest BCUT2D eigenvalue weighted by atomic mass is 9.91. The van der Waals surface area contributed by atoms with Crippen LogP contribution in [0.25, 0.3) is 33.4 Å². The molecule has 1 aliphatic heterocycles. The lowest BCUT2D eigenvalue weighted by Crippen LogP contribution is -2.03. The summed E-state index contributed by atoms with van der Waals surface area (Å²) < 4.78 is 5.76. The van der Waals surface area contributed by atoms with Crippen molar-refractivity contribution in [2.75, 3.05) is 0 Å². The van der Waals surface area contributed by atoms with Crippen LogP contribution in [0.3, 0.4) is 0 Å². The zero-order valence-electron chi connectivity index (χ0n) is 12.9. The molecule has 5 nitrogen and oxygen atoms in total. The number of fused-ring (bicyclic) bond motifs is 2. The van der Waals surface area contributed by atoms with E-state index in [9.17, 15) is 19.8 Å². The van der Waals surface area contributed by atoms with Gasteiger partial charge in [-0.25, -0.2) is 4.79 Å². The molecule has 0 fully saturated rings. The second kappa shape index (κ2) is 6.37. The van der Waals surface area contributed by atoms with Crippen molar-refractivity contribution in [2.45, 2.75) is 7.43 Å². The summed E-state index contributed by atoms with van der Waals surface area (Å²) in [4.78, 5) is 23.4. The summed E-state index contributed by atoms with van der Waals surface area (Å²) in [5, 5.41) is 19.9. The van der Waals surface area contributed by atoms with Crippen molar-refractivity contribution >= 4 is 16.9 Å². The maximum absolute atomic E-state index is 11.7. The van der Waals surface area contributed by atoms with Crippen LogP contribution in [0.1, 0.15) is 17.8 Å². The van der Waals surface area contributed by atoms with Crippen molar-refractivity contribution in [3.63, 3.8) is 0 Å². The van der Waals surface area contributed by atoms with E-state index >= 15 is 0 Å². The number of carbonyl (C=O) groups is 1. The number of phenolic OH excluding ortho intramolecular Hbond substituents is 1. The van der Waals surface area contributed by atoms with Crippen molar-refractivity contribution in [3.8, 4) is 28.2 Å². The molecule has 0 saturated carbocycles. The summed E-state index contributed by atoms with van der Waals surface area (Å²) in [5.41, 5.74) is 2.10. The standard InChI is InChI=1S/C20H12O5.CH4/c21-11-5-7-15-17(9-11)25-18-10-12(22)6-8-16(18)19(15)13-3-1-2-4-14(13)20(23)24;/h1-10,21H,(H,23,24);1H4. The summed E-state index contributed by atoms with van der Waals surface area (Å²) in [6.45, 7) is 0. The Balaban J connectivity index is 0.00000196. The topological polar surface area (TPSA) is 87.7 Å². The minimum Gasteiger partial charge on any atom is -0.508 e. The molecule has 0 atom stereocenters. The van der Waals surface area contributed by atoms with Gasteiger partial charge in [-0.15, -0.1) is 0 Å². The van der Waals surface area contributed by atoms with Gasteiger partial charge in [0.1, 0.15) is 17.1 Å². The first-order chi connectivity index (χ1) is 12.0. The Morgan fingerprint density at radius 2 is 1.69 bits per heavy atom. The predicted octanol–water partition coefficient (Wildman–Crippen LogP) is 4.60. The normalized spacial score (nSPS) is 10.6. The van der Waals surface area contributed by atoms with E-state index in [1.165, 1.54) is 30.3 Å². The Hall–Kier alpha value is -3.60. The van der Waals surface area contributed by atoms with Gasteiger partial charge in [-0.3, -0.25) is 4.79 Å². The molecule has 0 saturated heterocycles. The van der Waals surface area contributed by atoms with E-state index in [0.717, 1.165) is 0 Å².